The van der Waals surface area contributed by atoms with E-state index in [0.717, 1.165) is 13.1 Å². The van der Waals surface area contributed by atoms with E-state index in [0.29, 0.717) is 6.04 Å². The third kappa shape index (κ3) is 5.45. The van der Waals surface area contributed by atoms with E-state index in [1.165, 1.54) is 12.0 Å². The van der Waals surface area contributed by atoms with Crippen molar-refractivity contribution in [3.8, 4) is 0 Å². The fraction of sp³-hybridized carbons (Fsp3) is 0.583. The number of nitrogens with zero attached hydrogens (tertiary/aromatic N) is 2. The van der Waals surface area contributed by atoms with Crippen LogP contribution in [0.4, 0.5) is 0 Å². The van der Waals surface area contributed by atoms with Gasteiger partial charge in [-0.15, -0.1) is 12.4 Å². The van der Waals surface area contributed by atoms with E-state index in [-0.39, 0.29) is 12.4 Å². The molecule has 1 unspecified atom stereocenters. The number of hydrogen-bond acceptors (Lipinski definition) is 3. The van der Waals surface area contributed by atoms with Crippen molar-refractivity contribution in [2.75, 3.05) is 20.6 Å². The first-order valence-electron chi connectivity index (χ1n) is 5.50. The van der Waals surface area contributed by atoms with Crippen LogP contribution >= 0.6 is 12.4 Å². The van der Waals surface area contributed by atoms with Gasteiger partial charge in [0.25, 0.3) is 0 Å². The van der Waals surface area contributed by atoms with Crippen molar-refractivity contribution in [2.24, 2.45) is 0 Å². The van der Waals surface area contributed by atoms with Crippen LogP contribution in [-0.2, 0) is 6.54 Å². The van der Waals surface area contributed by atoms with Gasteiger partial charge in [0.15, 0.2) is 0 Å². The van der Waals surface area contributed by atoms with Crippen LogP contribution in [-0.4, -0.2) is 36.6 Å². The third-order valence-electron chi connectivity index (χ3n) is 2.66. The summed E-state index contributed by atoms with van der Waals surface area (Å²) in [7, 11) is 4.25. The molecule has 0 amide bonds. The number of likely N-dealkylation sites (N-methyl/N-ethyl adjacent to an activating group) is 1. The molecular weight excluding hydrogens is 222 g/mol. The van der Waals surface area contributed by atoms with Crippen LogP contribution < -0.4 is 5.32 Å². The SMILES string of the molecule is CCC(CNCc1ccncc1)N(C)C.Cl. The Labute approximate surface area is 105 Å². The summed E-state index contributed by atoms with van der Waals surface area (Å²) >= 11 is 0. The zero-order valence-corrected chi connectivity index (χ0v) is 11.1. The molecule has 0 aliphatic carbocycles. The highest BCUT2D eigenvalue weighted by Crippen LogP contribution is 1.99. The van der Waals surface area contributed by atoms with Crippen molar-refractivity contribution < 1.29 is 0 Å². The summed E-state index contributed by atoms with van der Waals surface area (Å²) in [5, 5.41) is 3.46. The second-order valence-electron chi connectivity index (χ2n) is 4.01. The Hall–Kier alpha value is -0.640. The van der Waals surface area contributed by atoms with E-state index in [1.807, 2.05) is 24.5 Å². The lowest BCUT2D eigenvalue weighted by atomic mass is 10.2. The van der Waals surface area contributed by atoms with E-state index in [9.17, 15) is 0 Å². The zero-order chi connectivity index (χ0) is 11.1. The lowest BCUT2D eigenvalue weighted by molar-refractivity contribution is 0.276. The van der Waals surface area contributed by atoms with Gasteiger partial charge >= 0.3 is 0 Å². The number of rotatable bonds is 6. The van der Waals surface area contributed by atoms with Crippen LogP contribution in [0, 0.1) is 0 Å². The number of nitrogens with one attached hydrogen (secondary N) is 1. The van der Waals surface area contributed by atoms with Crippen LogP contribution in [0.5, 0.6) is 0 Å². The van der Waals surface area contributed by atoms with Crippen LogP contribution in [0.15, 0.2) is 24.5 Å². The molecule has 0 radical (unpaired) electrons. The van der Waals surface area contributed by atoms with E-state index in [4.69, 9.17) is 0 Å². The van der Waals surface area contributed by atoms with Crippen molar-refractivity contribution in [1.29, 1.82) is 0 Å². The Balaban J connectivity index is 0.00000225. The van der Waals surface area contributed by atoms with Crippen molar-refractivity contribution in [2.45, 2.75) is 25.9 Å². The van der Waals surface area contributed by atoms with Crippen LogP contribution in [0.2, 0.25) is 0 Å². The summed E-state index contributed by atoms with van der Waals surface area (Å²) in [5.41, 5.74) is 1.29. The molecule has 1 N–H and O–H groups in total. The average Bonchev–Trinajstić information content (AvgIpc) is 2.25. The molecule has 1 rings (SSSR count). The first kappa shape index (κ1) is 15.4. The lowest BCUT2D eigenvalue weighted by Gasteiger charge is -2.23. The van der Waals surface area contributed by atoms with Gasteiger partial charge in [-0.05, 0) is 38.2 Å². The molecule has 1 aromatic heterocycles. The Kier molecular flexibility index (Phi) is 8.16. The quantitative estimate of drug-likeness (QED) is 0.828. The molecule has 0 saturated carbocycles. The predicted molar refractivity (Wildman–Crippen MR) is 71.0 cm³/mol. The normalized spacial score (nSPS) is 12.2. The number of aromatic nitrogens is 1. The molecule has 0 aromatic carbocycles. The second-order valence-corrected chi connectivity index (χ2v) is 4.01. The summed E-state index contributed by atoms with van der Waals surface area (Å²) in [6.45, 7) is 4.18. The van der Waals surface area contributed by atoms with Gasteiger partial charge in [-0.1, -0.05) is 6.92 Å². The first-order valence-corrected chi connectivity index (χ1v) is 5.50. The minimum absolute atomic E-state index is 0. The number of halogens is 1. The molecule has 4 heteroatoms. The van der Waals surface area contributed by atoms with Gasteiger partial charge in [0.05, 0.1) is 0 Å². The molecule has 0 aliphatic heterocycles. The number of hydrogen-bond donors (Lipinski definition) is 1. The van der Waals surface area contributed by atoms with Crippen LogP contribution in [0.3, 0.4) is 0 Å². The fourth-order valence-corrected chi connectivity index (χ4v) is 1.58. The molecule has 16 heavy (non-hydrogen) atoms. The van der Waals surface area contributed by atoms with Gasteiger partial charge in [0.2, 0.25) is 0 Å². The average molecular weight is 244 g/mol. The predicted octanol–water partition coefficient (Wildman–Crippen LogP) is 1.93. The van der Waals surface area contributed by atoms with Gasteiger partial charge < -0.3 is 10.2 Å². The van der Waals surface area contributed by atoms with Crippen molar-refractivity contribution in [3.05, 3.63) is 30.1 Å². The van der Waals surface area contributed by atoms with Crippen LogP contribution in [0.1, 0.15) is 18.9 Å². The van der Waals surface area contributed by atoms with E-state index in [2.05, 4.69) is 36.2 Å². The maximum absolute atomic E-state index is 4.00. The molecule has 0 fully saturated rings. The van der Waals surface area contributed by atoms with Crippen molar-refractivity contribution >= 4 is 12.4 Å². The summed E-state index contributed by atoms with van der Waals surface area (Å²) in [4.78, 5) is 6.26. The number of pyridine rings is 1. The molecule has 1 atom stereocenters. The Morgan fingerprint density at radius 1 is 1.31 bits per heavy atom. The largest absolute Gasteiger partial charge is 0.311 e. The third-order valence-corrected chi connectivity index (χ3v) is 2.66. The summed E-state index contributed by atoms with van der Waals surface area (Å²) in [5.74, 6) is 0. The topological polar surface area (TPSA) is 28.2 Å². The maximum Gasteiger partial charge on any atom is 0.0271 e. The zero-order valence-electron chi connectivity index (χ0n) is 10.3. The molecule has 1 aromatic rings. The molecule has 3 nitrogen and oxygen atoms in total. The van der Waals surface area contributed by atoms with Crippen molar-refractivity contribution in [3.63, 3.8) is 0 Å². The van der Waals surface area contributed by atoms with Gasteiger partial charge in [0.1, 0.15) is 0 Å². The minimum Gasteiger partial charge on any atom is -0.311 e. The van der Waals surface area contributed by atoms with E-state index >= 15 is 0 Å². The lowest BCUT2D eigenvalue weighted by Crippen LogP contribution is -2.37. The highest BCUT2D eigenvalue weighted by molar-refractivity contribution is 5.85. The Morgan fingerprint density at radius 2 is 1.94 bits per heavy atom. The molecule has 0 spiro atoms. The van der Waals surface area contributed by atoms with Crippen LogP contribution in [0.25, 0.3) is 0 Å². The van der Waals surface area contributed by atoms with Gasteiger partial charge in [0, 0.05) is 31.5 Å². The summed E-state index contributed by atoms with van der Waals surface area (Å²) in [6.07, 6.45) is 4.84. The molecule has 0 saturated heterocycles. The smallest absolute Gasteiger partial charge is 0.0271 e. The molecule has 0 aliphatic rings. The van der Waals surface area contributed by atoms with Gasteiger partial charge in [-0.3, -0.25) is 4.98 Å². The Bertz CT molecular complexity index is 264. The first-order chi connectivity index (χ1) is 7.24. The summed E-state index contributed by atoms with van der Waals surface area (Å²) < 4.78 is 0. The molecule has 92 valence electrons. The maximum atomic E-state index is 4.00. The molecule has 1 heterocycles. The second kappa shape index (κ2) is 8.50. The highest BCUT2D eigenvalue weighted by Gasteiger charge is 2.07. The van der Waals surface area contributed by atoms with Crippen molar-refractivity contribution in [1.82, 2.24) is 15.2 Å². The van der Waals surface area contributed by atoms with E-state index < -0.39 is 0 Å². The standard InChI is InChI=1S/C12H21N3.ClH/c1-4-12(15(2)3)10-14-9-11-5-7-13-8-6-11;/h5-8,12,14H,4,9-10H2,1-3H3;1H. The fourth-order valence-electron chi connectivity index (χ4n) is 1.58. The highest BCUT2D eigenvalue weighted by atomic mass is 35.5. The van der Waals surface area contributed by atoms with Gasteiger partial charge in [-0.25, -0.2) is 0 Å². The molecular formula is C12H22ClN3. The minimum atomic E-state index is 0. The molecule has 0 bridgehead atoms. The van der Waals surface area contributed by atoms with Gasteiger partial charge in [-0.2, -0.15) is 0 Å². The summed E-state index contributed by atoms with van der Waals surface area (Å²) in [6, 6.07) is 4.71. The van der Waals surface area contributed by atoms with E-state index in [1.54, 1.807) is 0 Å². The monoisotopic (exact) mass is 243 g/mol. The Morgan fingerprint density at radius 3 is 2.44 bits per heavy atom.